The Labute approximate surface area is 440 Å². The number of halogens is 2. The van der Waals surface area contributed by atoms with Crippen molar-refractivity contribution < 1.29 is 13.5 Å². The molecule has 8 heteroatoms. The van der Waals surface area contributed by atoms with Gasteiger partial charge in [-0.25, -0.2) is 13.8 Å². The highest BCUT2D eigenvalue weighted by Crippen LogP contribution is 2.48. The standard InChI is InChI=1S/C68H53F2N5O/c1-67(2,3)45-33-34-71-65(37-45)75-61-20-12-9-17-55(61)56-32-31-51(41-64(56)75)76-52-39-49(38-50(40-52)74-59-18-10-7-15-53(59)54-16-8-11-19-60(54)74)72-42-73(63-22-14-13-21-62(63)72)66-57(43-23-27-47(69)28-24-43)35-46(68(4,5)6)36-58(66)44-25-29-48(70)30-26-44/h7-41H,1-6H3/q+2. The highest BCUT2D eigenvalue weighted by Gasteiger charge is 2.40. The summed E-state index contributed by atoms with van der Waals surface area (Å²) in [4.78, 5) is 4.94. The van der Waals surface area contributed by atoms with Crippen LogP contribution in [0.15, 0.2) is 212 Å². The van der Waals surface area contributed by atoms with Gasteiger partial charge in [0, 0.05) is 58.1 Å². The van der Waals surface area contributed by atoms with E-state index in [1.54, 1.807) is 0 Å². The van der Waals surface area contributed by atoms with E-state index in [1.165, 1.54) is 29.8 Å². The SMILES string of the molecule is CC(C)(C)c1ccnc(-n2c3ccccc3c3ccc(Oc4cc(-n5c6ccccc6c6ccccc65)cc([N+]5=C=[N+](c6c(-c7ccc(F)cc7)cc(C(C)(C)C)cc6-c6ccc(F)cc6)c6ccccc65)c4)cc32)c1. The quantitative estimate of drug-likeness (QED) is 0.142. The van der Waals surface area contributed by atoms with Gasteiger partial charge in [-0.1, -0.05) is 133 Å². The van der Waals surface area contributed by atoms with Crippen molar-refractivity contribution in [3.05, 3.63) is 235 Å². The Morgan fingerprint density at radius 3 is 1.53 bits per heavy atom. The molecule has 4 heterocycles. The molecule has 0 aliphatic carbocycles. The molecule has 12 aromatic rings. The van der Waals surface area contributed by atoms with E-state index in [0.29, 0.717) is 11.5 Å². The second-order valence-electron chi connectivity index (χ2n) is 21.8. The summed E-state index contributed by atoms with van der Waals surface area (Å²) >= 11 is 0. The molecular weight excluding hydrogens is 941 g/mol. The average Bonchev–Trinajstić information content (AvgIpc) is 4.18. The number of para-hydroxylation sites is 5. The van der Waals surface area contributed by atoms with Gasteiger partial charge in [0.15, 0.2) is 0 Å². The first kappa shape index (κ1) is 46.5. The second kappa shape index (κ2) is 17.7. The first-order valence-corrected chi connectivity index (χ1v) is 25.7. The molecular formula is C68H53F2N5O+2. The van der Waals surface area contributed by atoms with Crippen molar-refractivity contribution in [2.45, 2.75) is 52.4 Å². The number of rotatable bonds is 8. The smallest absolute Gasteiger partial charge is 0.457 e. The fourth-order valence-electron chi connectivity index (χ4n) is 10.9. The number of nitrogens with zero attached hydrogens (tertiary/aromatic N) is 5. The van der Waals surface area contributed by atoms with Crippen molar-refractivity contribution in [1.82, 2.24) is 23.3 Å². The maximum Gasteiger partial charge on any atom is 0.503 e. The van der Waals surface area contributed by atoms with Crippen LogP contribution in [0.25, 0.3) is 77.4 Å². The Balaban J connectivity index is 1.07. The van der Waals surface area contributed by atoms with Gasteiger partial charge in [-0.3, -0.25) is 4.57 Å². The zero-order chi connectivity index (χ0) is 52.0. The van der Waals surface area contributed by atoms with Crippen LogP contribution < -0.4 is 13.9 Å². The molecule has 3 aromatic heterocycles. The summed E-state index contributed by atoms with van der Waals surface area (Å²) in [6.45, 7) is 13.2. The molecule has 1 aliphatic rings. The number of pyridine rings is 1. The molecule has 6 nitrogen and oxygen atoms in total. The molecule has 368 valence electrons. The van der Waals surface area contributed by atoms with Gasteiger partial charge < -0.3 is 9.30 Å². The average molecular weight is 994 g/mol. The molecule has 76 heavy (non-hydrogen) atoms. The molecule has 0 amide bonds. The number of hydrogen-bond acceptors (Lipinski definition) is 2. The summed E-state index contributed by atoms with van der Waals surface area (Å²) < 4.78 is 45.4. The van der Waals surface area contributed by atoms with Crippen LogP contribution in [0.1, 0.15) is 52.7 Å². The van der Waals surface area contributed by atoms with E-state index in [2.05, 4.69) is 205 Å². The van der Waals surface area contributed by atoms with Crippen LogP contribution in [-0.2, 0) is 10.8 Å². The topological polar surface area (TPSA) is 38.0 Å². The number of aromatic nitrogens is 3. The van der Waals surface area contributed by atoms with Crippen molar-refractivity contribution in [2.75, 3.05) is 0 Å². The number of benzene rings is 9. The van der Waals surface area contributed by atoms with E-state index in [-0.39, 0.29) is 22.5 Å². The fraction of sp³-hybridized carbons (Fsp3) is 0.118. The molecule has 0 unspecified atom stereocenters. The van der Waals surface area contributed by atoms with E-state index in [1.807, 2.05) is 48.7 Å². The lowest BCUT2D eigenvalue weighted by atomic mass is 9.82. The lowest BCUT2D eigenvalue weighted by Crippen LogP contribution is -2.13. The van der Waals surface area contributed by atoms with Crippen LogP contribution >= 0.6 is 0 Å². The van der Waals surface area contributed by atoms with Gasteiger partial charge in [0.25, 0.3) is 11.4 Å². The van der Waals surface area contributed by atoms with Gasteiger partial charge in [0.2, 0.25) is 11.4 Å². The first-order chi connectivity index (χ1) is 36.7. The zero-order valence-electron chi connectivity index (χ0n) is 43.1. The van der Waals surface area contributed by atoms with Crippen molar-refractivity contribution >= 4 is 72.4 Å². The highest BCUT2D eigenvalue weighted by atomic mass is 19.1. The molecule has 13 rings (SSSR count). The number of ether oxygens (including phenoxy) is 1. The Hall–Kier alpha value is -9.23. The van der Waals surface area contributed by atoms with Gasteiger partial charge in [-0.15, -0.1) is 0 Å². The summed E-state index contributed by atoms with van der Waals surface area (Å²) in [7, 11) is 0. The molecule has 0 spiro atoms. The minimum absolute atomic E-state index is 0.0712. The minimum atomic E-state index is -0.321. The van der Waals surface area contributed by atoms with Crippen molar-refractivity contribution in [2.24, 2.45) is 0 Å². The van der Waals surface area contributed by atoms with Crippen LogP contribution in [0, 0.1) is 11.6 Å². The minimum Gasteiger partial charge on any atom is -0.457 e. The van der Waals surface area contributed by atoms with E-state index >= 15 is 0 Å². The third kappa shape index (κ3) is 7.97. The Morgan fingerprint density at radius 2 is 0.961 bits per heavy atom. The van der Waals surface area contributed by atoms with E-state index < -0.39 is 0 Å². The molecule has 0 saturated heterocycles. The van der Waals surface area contributed by atoms with Crippen LogP contribution in [0.2, 0.25) is 0 Å². The first-order valence-electron chi connectivity index (χ1n) is 25.7. The van der Waals surface area contributed by atoms with E-state index in [4.69, 9.17) is 9.72 Å². The summed E-state index contributed by atoms with van der Waals surface area (Å²) in [6.07, 6.45) is 1.90. The van der Waals surface area contributed by atoms with Crippen LogP contribution in [0.3, 0.4) is 0 Å². The number of hydrogen-bond donors (Lipinski definition) is 0. The molecule has 0 atom stereocenters. The molecule has 0 fully saturated rings. The van der Waals surface area contributed by atoms with Gasteiger partial charge in [0.1, 0.15) is 29.0 Å². The monoisotopic (exact) mass is 993 g/mol. The second-order valence-corrected chi connectivity index (χ2v) is 21.8. The summed E-state index contributed by atoms with van der Waals surface area (Å²) in [5.74, 6) is 1.48. The lowest BCUT2D eigenvalue weighted by molar-refractivity contribution is 0.483. The molecule has 9 aromatic carbocycles. The third-order valence-electron chi connectivity index (χ3n) is 14.8. The summed E-state index contributed by atoms with van der Waals surface area (Å²) in [6, 6.07) is 72.3. The van der Waals surface area contributed by atoms with Crippen LogP contribution in [0.5, 0.6) is 11.5 Å². The van der Waals surface area contributed by atoms with Gasteiger partial charge in [-0.2, -0.15) is 0 Å². The predicted molar refractivity (Wildman–Crippen MR) is 308 cm³/mol. The van der Waals surface area contributed by atoms with Gasteiger partial charge in [-0.05, 0) is 121 Å². The van der Waals surface area contributed by atoms with Crippen molar-refractivity contribution in [3.63, 3.8) is 0 Å². The maximum absolute atomic E-state index is 14.7. The largest absolute Gasteiger partial charge is 0.503 e. The maximum atomic E-state index is 14.7. The van der Waals surface area contributed by atoms with Crippen molar-refractivity contribution in [3.8, 4) is 45.3 Å². The number of fused-ring (bicyclic) bond motifs is 7. The van der Waals surface area contributed by atoms with E-state index in [0.717, 1.165) is 106 Å². The molecule has 0 saturated carbocycles. The summed E-state index contributed by atoms with van der Waals surface area (Å²) in [5, 5.41) is 4.51. The molecule has 0 bridgehead atoms. The van der Waals surface area contributed by atoms with E-state index in [9.17, 15) is 8.78 Å². The highest BCUT2D eigenvalue weighted by molar-refractivity contribution is 6.10. The van der Waals surface area contributed by atoms with Crippen molar-refractivity contribution in [1.29, 1.82) is 0 Å². The van der Waals surface area contributed by atoms with Crippen LogP contribution in [0.4, 0.5) is 31.5 Å². The normalized spacial score (nSPS) is 12.7. The van der Waals surface area contributed by atoms with Crippen LogP contribution in [-0.4, -0.2) is 20.1 Å². The summed E-state index contributed by atoms with van der Waals surface area (Å²) in [5.41, 5.74) is 13.8. The lowest BCUT2D eigenvalue weighted by Gasteiger charge is -2.22. The predicted octanol–water partition coefficient (Wildman–Crippen LogP) is 18.1. The van der Waals surface area contributed by atoms with Gasteiger partial charge >= 0.3 is 6.01 Å². The molecule has 0 N–H and O–H groups in total. The Kier molecular flexibility index (Phi) is 10.9. The third-order valence-corrected chi connectivity index (χ3v) is 14.8. The zero-order valence-corrected chi connectivity index (χ0v) is 43.1. The Morgan fingerprint density at radius 1 is 0.447 bits per heavy atom. The molecule has 1 aliphatic heterocycles. The Bertz CT molecular complexity index is 4270. The fourth-order valence-corrected chi connectivity index (χ4v) is 10.9. The van der Waals surface area contributed by atoms with Gasteiger partial charge in [0.05, 0.1) is 44.9 Å². The molecule has 0 radical (unpaired) electrons.